The van der Waals surface area contributed by atoms with Crippen molar-refractivity contribution in [3.63, 3.8) is 0 Å². The topological polar surface area (TPSA) is 83.4 Å². The molecule has 0 radical (unpaired) electrons. The number of aryl methyl sites for hydroxylation is 2. The van der Waals surface area contributed by atoms with E-state index in [0.717, 1.165) is 28.2 Å². The van der Waals surface area contributed by atoms with Gasteiger partial charge in [-0.3, -0.25) is 9.59 Å². The van der Waals surface area contributed by atoms with Crippen LogP contribution < -0.4 is 10.1 Å². The van der Waals surface area contributed by atoms with Crippen LogP contribution in [0.2, 0.25) is 0 Å². The first-order valence-corrected chi connectivity index (χ1v) is 13.1. The summed E-state index contributed by atoms with van der Waals surface area (Å²) in [7, 11) is 1.62. The van der Waals surface area contributed by atoms with E-state index in [2.05, 4.69) is 34.6 Å². The first kappa shape index (κ1) is 25.7. The van der Waals surface area contributed by atoms with Gasteiger partial charge in [0.1, 0.15) is 16.8 Å². The third-order valence-electron chi connectivity index (χ3n) is 6.55. The largest absolute Gasteiger partial charge is 0.497 e. The minimum Gasteiger partial charge on any atom is -0.497 e. The van der Waals surface area contributed by atoms with Gasteiger partial charge in [0.05, 0.1) is 18.9 Å². The number of nitrogens with zero attached hydrogens (tertiary/aromatic N) is 3. The number of hydrogen-bond donors (Lipinski definition) is 1. The molecule has 0 spiro atoms. The summed E-state index contributed by atoms with van der Waals surface area (Å²) in [6, 6.07) is 20.3. The van der Waals surface area contributed by atoms with Gasteiger partial charge in [-0.05, 0) is 66.9 Å². The Labute approximate surface area is 224 Å². The van der Waals surface area contributed by atoms with E-state index in [1.165, 1.54) is 17.8 Å². The molecule has 38 heavy (non-hydrogen) atoms. The highest BCUT2D eigenvalue weighted by Crippen LogP contribution is 2.39. The molecule has 2 aliphatic rings. The molecule has 9 heteroatoms. The van der Waals surface area contributed by atoms with Crippen LogP contribution in [0.15, 0.2) is 76.8 Å². The number of carbonyl (C=O) groups excluding carboxylic acids is 2. The molecule has 3 aromatic carbocycles. The Morgan fingerprint density at radius 2 is 1.84 bits per heavy atom. The van der Waals surface area contributed by atoms with Gasteiger partial charge >= 0.3 is 0 Å². The summed E-state index contributed by atoms with van der Waals surface area (Å²) in [6.45, 7) is 3.68. The predicted molar refractivity (Wildman–Crippen MR) is 148 cm³/mol. The van der Waals surface area contributed by atoms with E-state index in [1.807, 2.05) is 31.2 Å². The summed E-state index contributed by atoms with van der Waals surface area (Å²) in [5.74, 6) is -0.406. The number of thioether (sulfide) groups is 1. The number of ether oxygens (including phenoxy) is 1. The van der Waals surface area contributed by atoms with Gasteiger partial charge in [-0.25, -0.2) is 9.40 Å². The number of benzene rings is 3. The maximum atomic E-state index is 13.9. The van der Waals surface area contributed by atoms with Gasteiger partial charge in [-0.2, -0.15) is 10.1 Å². The molecule has 0 saturated carbocycles. The highest BCUT2D eigenvalue weighted by Gasteiger charge is 2.39. The van der Waals surface area contributed by atoms with E-state index in [-0.39, 0.29) is 24.3 Å². The first-order chi connectivity index (χ1) is 18.3. The SMILES string of the molecule is COc1ccc(C2=NN(C3=NC(=O)[C@@H](CC(=O)Nc4ccc(C)c(F)c4)S3)[C@H](c3ccc(C)cc3)C2)cc1. The highest BCUT2D eigenvalue weighted by molar-refractivity contribution is 8.15. The third-order valence-corrected chi connectivity index (χ3v) is 7.69. The molecule has 0 saturated heterocycles. The van der Waals surface area contributed by atoms with Gasteiger partial charge in [0.2, 0.25) is 5.91 Å². The summed E-state index contributed by atoms with van der Waals surface area (Å²) in [5, 5.41) is 9.12. The van der Waals surface area contributed by atoms with Crippen LogP contribution in [0.1, 0.15) is 41.1 Å². The second-order valence-electron chi connectivity index (χ2n) is 9.31. The normalized spacial score (nSPS) is 18.8. The van der Waals surface area contributed by atoms with Crippen molar-refractivity contribution in [2.45, 2.75) is 38.0 Å². The summed E-state index contributed by atoms with van der Waals surface area (Å²) >= 11 is 1.23. The number of hydrogen-bond acceptors (Lipinski definition) is 6. The minimum atomic E-state index is -0.681. The maximum absolute atomic E-state index is 13.9. The molecule has 0 bridgehead atoms. The molecule has 2 amide bonds. The Balaban J connectivity index is 1.34. The minimum absolute atomic E-state index is 0.0793. The average molecular weight is 531 g/mol. The smallest absolute Gasteiger partial charge is 0.262 e. The third kappa shape index (κ3) is 5.47. The fraction of sp³-hybridized carbons (Fsp3) is 0.241. The van der Waals surface area contributed by atoms with Crippen LogP contribution in [-0.4, -0.2) is 40.1 Å². The average Bonchev–Trinajstić information content (AvgIpc) is 3.51. The Hall–Kier alpha value is -3.98. The van der Waals surface area contributed by atoms with Gasteiger partial charge < -0.3 is 10.1 Å². The lowest BCUT2D eigenvalue weighted by Gasteiger charge is -2.23. The zero-order valence-electron chi connectivity index (χ0n) is 21.3. The molecule has 5 rings (SSSR count). The van der Waals surface area contributed by atoms with Gasteiger partial charge in [-0.15, -0.1) is 0 Å². The van der Waals surface area contributed by atoms with E-state index in [4.69, 9.17) is 9.84 Å². The fourth-order valence-corrected chi connectivity index (χ4v) is 5.41. The van der Waals surface area contributed by atoms with E-state index >= 15 is 0 Å². The number of methoxy groups -OCH3 is 1. The monoisotopic (exact) mass is 530 g/mol. The summed E-state index contributed by atoms with van der Waals surface area (Å²) in [6.07, 6.45) is 0.553. The van der Waals surface area contributed by atoms with Crippen molar-refractivity contribution in [2.75, 3.05) is 12.4 Å². The molecular formula is C29H27FN4O3S. The predicted octanol–water partition coefficient (Wildman–Crippen LogP) is 5.63. The molecule has 3 aromatic rings. The Morgan fingerprint density at radius 1 is 1.11 bits per heavy atom. The number of amidine groups is 1. The van der Waals surface area contributed by atoms with E-state index in [1.54, 1.807) is 31.2 Å². The first-order valence-electron chi connectivity index (χ1n) is 12.2. The maximum Gasteiger partial charge on any atom is 0.262 e. The van der Waals surface area contributed by atoms with Crippen molar-refractivity contribution >= 4 is 40.1 Å². The van der Waals surface area contributed by atoms with Crippen LogP contribution in [0.4, 0.5) is 10.1 Å². The summed E-state index contributed by atoms with van der Waals surface area (Å²) in [4.78, 5) is 29.7. The van der Waals surface area contributed by atoms with E-state index in [9.17, 15) is 14.0 Å². The van der Waals surface area contributed by atoms with Gasteiger partial charge in [0.15, 0.2) is 5.17 Å². The van der Waals surface area contributed by atoms with Crippen molar-refractivity contribution in [3.05, 3.63) is 94.8 Å². The molecule has 2 atom stereocenters. The van der Waals surface area contributed by atoms with Crippen LogP contribution >= 0.6 is 11.8 Å². The van der Waals surface area contributed by atoms with Gasteiger partial charge in [0, 0.05) is 18.5 Å². The number of aliphatic imine (C=N–C) groups is 1. The standard InChI is InChI=1S/C29H27FN4O3S/c1-17-4-7-20(8-5-17)25-15-24(19-9-12-22(37-3)13-10-19)33-34(25)29-32-28(36)26(38-29)16-27(35)31-21-11-6-18(2)23(30)14-21/h4-14,25-26H,15-16H2,1-3H3,(H,31,35)/t25-,26+/m0/s1. The van der Waals surface area contributed by atoms with Crippen LogP contribution in [0.25, 0.3) is 0 Å². The zero-order chi connectivity index (χ0) is 26.8. The lowest BCUT2D eigenvalue weighted by Crippen LogP contribution is -2.25. The summed E-state index contributed by atoms with van der Waals surface area (Å²) < 4.78 is 19.1. The van der Waals surface area contributed by atoms with Crippen molar-refractivity contribution in [2.24, 2.45) is 10.1 Å². The Bertz CT molecular complexity index is 1440. The molecule has 1 N–H and O–H groups in total. The molecular weight excluding hydrogens is 503 g/mol. The molecule has 7 nitrogen and oxygen atoms in total. The number of halogens is 1. The number of rotatable bonds is 6. The fourth-order valence-electron chi connectivity index (χ4n) is 4.35. The lowest BCUT2D eigenvalue weighted by atomic mass is 9.98. The van der Waals surface area contributed by atoms with Crippen LogP contribution in [0.3, 0.4) is 0 Å². The van der Waals surface area contributed by atoms with Crippen LogP contribution in [-0.2, 0) is 9.59 Å². The van der Waals surface area contributed by atoms with Crippen molar-refractivity contribution in [3.8, 4) is 5.75 Å². The van der Waals surface area contributed by atoms with Crippen LogP contribution in [0.5, 0.6) is 5.75 Å². The van der Waals surface area contributed by atoms with E-state index in [0.29, 0.717) is 22.8 Å². The second kappa shape index (κ2) is 10.8. The molecule has 194 valence electrons. The number of anilines is 1. The highest BCUT2D eigenvalue weighted by atomic mass is 32.2. The number of nitrogens with one attached hydrogen (secondary N) is 1. The van der Waals surface area contributed by atoms with E-state index < -0.39 is 11.1 Å². The second-order valence-corrected chi connectivity index (χ2v) is 10.5. The van der Waals surface area contributed by atoms with Crippen molar-refractivity contribution in [1.82, 2.24) is 5.01 Å². The zero-order valence-corrected chi connectivity index (χ0v) is 22.1. The Kier molecular flexibility index (Phi) is 7.28. The summed E-state index contributed by atoms with van der Waals surface area (Å²) in [5.41, 5.74) is 4.88. The molecule has 0 unspecified atom stereocenters. The Morgan fingerprint density at radius 3 is 2.53 bits per heavy atom. The molecule has 0 aromatic heterocycles. The van der Waals surface area contributed by atoms with Crippen molar-refractivity contribution < 1.29 is 18.7 Å². The number of carbonyl (C=O) groups is 2. The van der Waals surface area contributed by atoms with Gasteiger partial charge in [0.25, 0.3) is 5.91 Å². The van der Waals surface area contributed by atoms with Gasteiger partial charge in [-0.1, -0.05) is 47.7 Å². The quantitative estimate of drug-likeness (QED) is 0.447. The number of amides is 2. The molecule has 0 aliphatic carbocycles. The molecule has 0 fully saturated rings. The number of hydrazone groups is 1. The lowest BCUT2D eigenvalue weighted by molar-refractivity contribution is -0.121. The molecule has 2 aliphatic heterocycles. The van der Waals surface area contributed by atoms with Crippen molar-refractivity contribution in [1.29, 1.82) is 0 Å². The van der Waals surface area contributed by atoms with Crippen LogP contribution in [0, 0.1) is 19.7 Å². The molecule has 2 heterocycles.